The molecule has 0 saturated carbocycles. The van der Waals surface area contributed by atoms with E-state index in [4.69, 9.17) is 4.74 Å². The maximum atomic E-state index is 10.5. The zero-order valence-electron chi connectivity index (χ0n) is 11.3. The summed E-state index contributed by atoms with van der Waals surface area (Å²) in [5.41, 5.74) is 2.87. The summed E-state index contributed by atoms with van der Waals surface area (Å²) in [4.78, 5) is 4.00. The van der Waals surface area contributed by atoms with Crippen LogP contribution in [0.1, 0.15) is 36.1 Å². The third kappa shape index (κ3) is 3.12. The number of hydrogen-bond acceptors (Lipinski definition) is 3. The van der Waals surface area contributed by atoms with Gasteiger partial charge in [0.25, 0.3) is 0 Å². The highest BCUT2D eigenvalue weighted by Gasteiger charge is 2.15. The Labute approximate surface area is 113 Å². The third-order valence-electron chi connectivity index (χ3n) is 3.14. The second kappa shape index (κ2) is 6.34. The lowest BCUT2D eigenvalue weighted by Crippen LogP contribution is -2.03. The van der Waals surface area contributed by atoms with E-state index in [1.807, 2.05) is 18.2 Å². The number of nitrogens with zero attached hydrogens (tertiary/aromatic N) is 1. The molecule has 0 aliphatic rings. The molecule has 0 bridgehead atoms. The lowest BCUT2D eigenvalue weighted by molar-refractivity contribution is 0.214. The van der Waals surface area contributed by atoms with E-state index in [9.17, 15) is 5.11 Å². The van der Waals surface area contributed by atoms with E-state index in [1.165, 1.54) is 5.56 Å². The third-order valence-corrected chi connectivity index (χ3v) is 3.14. The molecule has 1 aromatic carbocycles. The van der Waals surface area contributed by atoms with Gasteiger partial charge in [-0.2, -0.15) is 0 Å². The number of aryl methyl sites for hydroxylation is 1. The number of hydrogen-bond donors (Lipinski definition) is 1. The fourth-order valence-corrected chi connectivity index (χ4v) is 2.17. The molecule has 1 heterocycles. The van der Waals surface area contributed by atoms with Gasteiger partial charge in [-0.1, -0.05) is 37.6 Å². The molecule has 1 atom stereocenters. The summed E-state index contributed by atoms with van der Waals surface area (Å²) in [6, 6.07) is 9.84. The minimum Gasteiger partial charge on any atom is -0.495 e. The smallest absolute Gasteiger partial charge is 0.143 e. The molecular formula is C16H19NO2. The first-order valence-electron chi connectivity index (χ1n) is 6.51. The Hall–Kier alpha value is -1.87. The van der Waals surface area contributed by atoms with Crippen molar-refractivity contribution in [2.45, 2.75) is 25.9 Å². The molecule has 2 rings (SSSR count). The molecule has 3 heteroatoms. The molecule has 0 radical (unpaired) electrons. The summed E-state index contributed by atoms with van der Waals surface area (Å²) in [5, 5.41) is 10.5. The van der Waals surface area contributed by atoms with Crippen LogP contribution in [0, 0.1) is 0 Å². The predicted octanol–water partition coefficient (Wildman–Crippen LogP) is 3.12. The molecule has 100 valence electrons. The highest BCUT2D eigenvalue weighted by molar-refractivity contribution is 5.39. The lowest BCUT2D eigenvalue weighted by Gasteiger charge is -2.15. The van der Waals surface area contributed by atoms with Gasteiger partial charge >= 0.3 is 0 Å². The van der Waals surface area contributed by atoms with Crippen LogP contribution in [0.3, 0.4) is 0 Å². The maximum absolute atomic E-state index is 10.5. The average molecular weight is 257 g/mol. The van der Waals surface area contributed by atoms with Gasteiger partial charge in [0.1, 0.15) is 11.9 Å². The van der Waals surface area contributed by atoms with Crippen LogP contribution in [0.25, 0.3) is 0 Å². The summed E-state index contributed by atoms with van der Waals surface area (Å²) < 4.78 is 5.24. The van der Waals surface area contributed by atoms with Crippen molar-refractivity contribution in [2.24, 2.45) is 0 Å². The topological polar surface area (TPSA) is 42.4 Å². The molecule has 0 saturated heterocycles. The van der Waals surface area contributed by atoms with Gasteiger partial charge in [0.05, 0.1) is 13.3 Å². The Balaban J connectivity index is 2.32. The van der Waals surface area contributed by atoms with Crippen molar-refractivity contribution < 1.29 is 9.84 Å². The molecule has 0 fully saturated rings. The first-order valence-corrected chi connectivity index (χ1v) is 6.51. The van der Waals surface area contributed by atoms with Crippen LogP contribution in [0.15, 0.2) is 42.7 Å². The molecule has 1 aromatic heterocycles. The van der Waals surface area contributed by atoms with E-state index in [2.05, 4.69) is 18.0 Å². The van der Waals surface area contributed by atoms with Gasteiger partial charge in [0, 0.05) is 11.8 Å². The van der Waals surface area contributed by atoms with Crippen molar-refractivity contribution >= 4 is 0 Å². The first-order chi connectivity index (χ1) is 9.26. The minimum atomic E-state index is -0.685. The molecule has 0 spiro atoms. The van der Waals surface area contributed by atoms with Crippen LogP contribution in [-0.2, 0) is 6.42 Å². The summed E-state index contributed by atoms with van der Waals surface area (Å²) >= 11 is 0. The van der Waals surface area contributed by atoms with Crippen LogP contribution in [0.2, 0.25) is 0 Å². The van der Waals surface area contributed by atoms with Gasteiger partial charge in [-0.15, -0.1) is 0 Å². The van der Waals surface area contributed by atoms with Gasteiger partial charge in [-0.05, 0) is 23.6 Å². The second-order valence-corrected chi connectivity index (χ2v) is 4.52. The molecule has 0 aliphatic heterocycles. The van der Waals surface area contributed by atoms with Crippen LogP contribution in [0.4, 0.5) is 0 Å². The molecule has 1 N–H and O–H groups in total. The van der Waals surface area contributed by atoms with Crippen LogP contribution in [-0.4, -0.2) is 17.2 Å². The average Bonchev–Trinajstić information content (AvgIpc) is 2.47. The summed E-state index contributed by atoms with van der Waals surface area (Å²) in [7, 11) is 1.58. The summed E-state index contributed by atoms with van der Waals surface area (Å²) in [6.07, 6.45) is 4.71. The Morgan fingerprint density at radius 3 is 2.89 bits per heavy atom. The van der Waals surface area contributed by atoms with Crippen molar-refractivity contribution in [2.75, 3.05) is 7.11 Å². The summed E-state index contributed by atoms with van der Waals surface area (Å²) in [5.74, 6) is 0.607. The van der Waals surface area contributed by atoms with Crippen molar-refractivity contribution in [3.8, 4) is 5.75 Å². The number of rotatable bonds is 5. The van der Waals surface area contributed by atoms with Crippen LogP contribution < -0.4 is 4.74 Å². The SMILES string of the molecule is CCCc1cccc(C(O)c2ccncc2OC)c1. The predicted molar refractivity (Wildman–Crippen MR) is 75.3 cm³/mol. The molecule has 1 unspecified atom stereocenters. The van der Waals surface area contributed by atoms with Gasteiger partial charge < -0.3 is 9.84 Å². The van der Waals surface area contributed by atoms with Gasteiger partial charge in [0.15, 0.2) is 0 Å². The molecule has 0 aliphatic carbocycles. The Bertz CT molecular complexity index is 540. The Kier molecular flexibility index (Phi) is 4.53. The van der Waals surface area contributed by atoms with Crippen LogP contribution >= 0.6 is 0 Å². The van der Waals surface area contributed by atoms with Gasteiger partial charge in [-0.25, -0.2) is 0 Å². The normalized spacial score (nSPS) is 12.2. The fraction of sp³-hybridized carbons (Fsp3) is 0.312. The summed E-state index contributed by atoms with van der Waals surface area (Å²) in [6.45, 7) is 2.15. The Morgan fingerprint density at radius 1 is 1.32 bits per heavy atom. The van der Waals surface area contributed by atoms with E-state index in [-0.39, 0.29) is 0 Å². The van der Waals surface area contributed by atoms with E-state index in [1.54, 1.807) is 25.6 Å². The quantitative estimate of drug-likeness (QED) is 0.894. The number of aliphatic hydroxyl groups is 1. The zero-order chi connectivity index (χ0) is 13.7. The van der Waals surface area contributed by atoms with Crippen molar-refractivity contribution in [1.29, 1.82) is 0 Å². The molecule has 0 amide bonds. The monoisotopic (exact) mass is 257 g/mol. The number of aliphatic hydroxyl groups excluding tert-OH is 1. The van der Waals surface area contributed by atoms with Crippen molar-refractivity contribution in [3.63, 3.8) is 0 Å². The minimum absolute atomic E-state index is 0.607. The highest BCUT2D eigenvalue weighted by atomic mass is 16.5. The first kappa shape index (κ1) is 13.6. The number of benzene rings is 1. The van der Waals surface area contributed by atoms with E-state index >= 15 is 0 Å². The standard InChI is InChI=1S/C16H19NO2/c1-3-5-12-6-4-7-13(10-12)16(18)14-8-9-17-11-15(14)19-2/h4,6-11,16,18H,3,5H2,1-2H3. The Morgan fingerprint density at radius 2 is 2.16 bits per heavy atom. The van der Waals surface area contributed by atoms with Crippen molar-refractivity contribution in [1.82, 2.24) is 4.98 Å². The number of pyridine rings is 1. The van der Waals surface area contributed by atoms with Crippen LogP contribution in [0.5, 0.6) is 5.75 Å². The number of methoxy groups -OCH3 is 1. The molecule has 19 heavy (non-hydrogen) atoms. The second-order valence-electron chi connectivity index (χ2n) is 4.52. The number of aromatic nitrogens is 1. The maximum Gasteiger partial charge on any atom is 0.143 e. The zero-order valence-corrected chi connectivity index (χ0v) is 11.3. The van der Waals surface area contributed by atoms with E-state index < -0.39 is 6.10 Å². The fourth-order valence-electron chi connectivity index (χ4n) is 2.17. The largest absolute Gasteiger partial charge is 0.495 e. The number of ether oxygens (including phenoxy) is 1. The van der Waals surface area contributed by atoms with E-state index in [0.29, 0.717) is 5.75 Å². The van der Waals surface area contributed by atoms with E-state index in [0.717, 1.165) is 24.0 Å². The van der Waals surface area contributed by atoms with Gasteiger partial charge in [-0.3, -0.25) is 4.98 Å². The van der Waals surface area contributed by atoms with Crippen molar-refractivity contribution in [3.05, 3.63) is 59.4 Å². The van der Waals surface area contributed by atoms with Gasteiger partial charge in [0.2, 0.25) is 0 Å². The highest BCUT2D eigenvalue weighted by Crippen LogP contribution is 2.29. The molecular weight excluding hydrogens is 238 g/mol. The lowest BCUT2D eigenvalue weighted by atomic mass is 9.98. The molecule has 3 nitrogen and oxygen atoms in total. The molecule has 2 aromatic rings.